The molecule has 1 unspecified atom stereocenters. The van der Waals surface area contributed by atoms with Gasteiger partial charge in [-0.05, 0) is 50.6 Å². The van der Waals surface area contributed by atoms with Gasteiger partial charge in [0.2, 0.25) is 0 Å². The van der Waals surface area contributed by atoms with Gasteiger partial charge in [-0.25, -0.2) is 0 Å². The first-order chi connectivity index (χ1) is 8.65. The third-order valence-corrected chi connectivity index (χ3v) is 3.57. The van der Waals surface area contributed by atoms with Crippen LogP contribution < -0.4 is 10.1 Å². The number of ketones is 1. The summed E-state index contributed by atoms with van der Waals surface area (Å²) >= 11 is 0. The van der Waals surface area contributed by atoms with Crippen LogP contribution in [-0.4, -0.2) is 25.5 Å². The smallest absolute Gasteiger partial charge is 0.169 e. The summed E-state index contributed by atoms with van der Waals surface area (Å²) in [4.78, 5) is 12.5. The Morgan fingerprint density at radius 3 is 2.67 bits per heavy atom. The topological polar surface area (TPSA) is 38.3 Å². The minimum atomic E-state index is -0.259. The SMILES string of the molecule is CCOc1ccc(C(=O)C2(C)CCCNC2)cc1. The van der Waals surface area contributed by atoms with E-state index in [2.05, 4.69) is 12.2 Å². The lowest BCUT2D eigenvalue weighted by Gasteiger charge is -2.32. The van der Waals surface area contributed by atoms with Gasteiger partial charge in [-0.15, -0.1) is 0 Å². The molecule has 3 heteroatoms. The van der Waals surface area contributed by atoms with Gasteiger partial charge in [0.15, 0.2) is 5.78 Å². The van der Waals surface area contributed by atoms with Crippen LogP contribution >= 0.6 is 0 Å². The van der Waals surface area contributed by atoms with Crippen LogP contribution in [0, 0.1) is 5.41 Å². The number of hydrogen-bond donors (Lipinski definition) is 1. The van der Waals surface area contributed by atoms with Gasteiger partial charge in [0.25, 0.3) is 0 Å². The maximum atomic E-state index is 12.5. The van der Waals surface area contributed by atoms with Gasteiger partial charge in [0.05, 0.1) is 6.61 Å². The molecule has 0 amide bonds. The largest absolute Gasteiger partial charge is 0.494 e. The Labute approximate surface area is 109 Å². The quantitative estimate of drug-likeness (QED) is 0.831. The molecule has 0 aliphatic carbocycles. The molecular formula is C15H21NO2. The fourth-order valence-corrected chi connectivity index (χ4v) is 2.47. The van der Waals surface area contributed by atoms with E-state index in [1.165, 1.54) is 0 Å². The van der Waals surface area contributed by atoms with Gasteiger partial charge < -0.3 is 10.1 Å². The summed E-state index contributed by atoms with van der Waals surface area (Å²) in [6.45, 7) is 6.45. The minimum Gasteiger partial charge on any atom is -0.494 e. The molecule has 0 spiro atoms. The van der Waals surface area contributed by atoms with E-state index in [1.807, 2.05) is 31.2 Å². The second kappa shape index (κ2) is 5.53. The van der Waals surface area contributed by atoms with Crippen molar-refractivity contribution in [3.8, 4) is 5.75 Å². The van der Waals surface area contributed by atoms with Crippen molar-refractivity contribution >= 4 is 5.78 Å². The summed E-state index contributed by atoms with van der Waals surface area (Å²) in [5.41, 5.74) is 0.524. The Bertz CT molecular complexity index is 405. The first-order valence-electron chi connectivity index (χ1n) is 6.64. The van der Waals surface area contributed by atoms with E-state index in [0.717, 1.165) is 37.2 Å². The Hall–Kier alpha value is -1.35. The van der Waals surface area contributed by atoms with E-state index < -0.39 is 0 Å². The molecule has 1 fully saturated rings. The molecule has 0 aromatic heterocycles. The molecule has 1 aliphatic heterocycles. The zero-order chi connectivity index (χ0) is 13.0. The Kier molecular flexibility index (Phi) is 4.02. The van der Waals surface area contributed by atoms with E-state index >= 15 is 0 Å². The molecule has 1 atom stereocenters. The third-order valence-electron chi connectivity index (χ3n) is 3.57. The average Bonchev–Trinajstić information content (AvgIpc) is 2.40. The van der Waals surface area contributed by atoms with Crippen molar-refractivity contribution in [3.05, 3.63) is 29.8 Å². The molecule has 1 heterocycles. The van der Waals surface area contributed by atoms with Crippen molar-refractivity contribution in [3.63, 3.8) is 0 Å². The Balaban J connectivity index is 2.12. The van der Waals surface area contributed by atoms with E-state index in [-0.39, 0.29) is 11.2 Å². The number of carbonyl (C=O) groups is 1. The Morgan fingerprint density at radius 1 is 1.39 bits per heavy atom. The predicted molar refractivity (Wildman–Crippen MR) is 72.2 cm³/mol. The van der Waals surface area contributed by atoms with E-state index in [1.54, 1.807) is 0 Å². The summed E-state index contributed by atoms with van der Waals surface area (Å²) in [7, 11) is 0. The van der Waals surface area contributed by atoms with Gasteiger partial charge in [-0.3, -0.25) is 4.79 Å². The van der Waals surface area contributed by atoms with Crippen LogP contribution in [0.5, 0.6) is 5.75 Å². The van der Waals surface area contributed by atoms with Crippen molar-refractivity contribution in [2.45, 2.75) is 26.7 Å². The molecule has 1 aromatic carbocycles. The van der Waals surface area contributed by atoms with Crippen LogP contribution in [0.25, 0.3) is 0 Å². The number of carbonyl (C=O) groups excluding carboxylic acids is 1. The number of nitrogens with one attached hydrogen (secondary N) is 1. The van der Waals surface area contributed by atoms with Crippen molar-refractivity contribution in [2.75, 3.05) is 19.7 Å². The third kappa shape index (κ3) is 2.72. The van der Waals surface area contributed by atoms with Gasteiger partial charge in [-0.1, -0.05) is 6.92 Å². The molecule has 98 valence electrons. The van der Waals surface area contributed by atoms with Crippen LogP contribution in [0.2, 0.25) is 0 Å². The zero-order valence-electron chi connectivity index (χ0n) is 11.2. The van der Waals surface area contributed by atoms with Gasteiger partial charge in [-0.2, -0.15) is 0 Å². The first-order valence-corrected chi connectivity index (χ1v) is 6.64. The number of piperidine rings is 1. The van der Waals surface area contributed by atoms with Gasteiger partial charge in [0.1, 0.15) is 5.75 Å². The van der Waals surface area contributed by atoms with Crippen LogP contribution in [-0.2, 0) is 0 Å². The highest BCUT2D eigenvalue weighted by molar-refractivity contribution is 6.00. The predicted octanol–water partition coefficient (Wildman–Crippen LogP) is 2.66. The molecule has 3 nitrogen and oxygen atoms in total. The zero-order valence-corrected chi connectivity index (χ0v) is 11.2. The average molecular weight is 247 g/mol. The first kappa shape index (κ1) is 13.1. The number of ether oxygens (including phenoxy) is 1. The lowest BCUT2D eigenvalue weighted by molar-refractivity contribution is 0.0773. The maximum absolute atomic E-state index is 12.5. The fraction of sp³-hybridized carbons (Fsp3) is 0.533. The molecule has 1 N–H and O–H groups in total. The van der Waals surface area contributed by atoms with Gasteiger partial charge in [0, 0.05) is 17.5 Å². The summed E-state index contributed by atoms with van der Waals surface area (Å²) in [5.74, 6) is 1.05. The fourth-order valence-electron chi connectivity index (χ4n) is 2.47. The second-order valence-electron chi connectivity index (χ2n) is 5.13. The lowest BCUT2D eigenvalue weighted by Crippen LogP contribution is -2.43. The van der Waals surface area contributed by atoms with E-state index in [0.29, 0.717) is 6.61 Å². The number of benzene rings is 1. The number of hydrogen-bond acceptors (Lipinski definition) is 3. The van der Waals surface area contributed by atoms with Crippen LogP contribution in [0.4, 0.5) is 0 Å². The highest BCUT2D eigenvalue weighted by atomic mass is 16.5. The number of Topliss-reactive ketones (excluding diaryl/α,β-unsaturated/α-hetero) is 1. The summed E-state index contributed by atoms with van der Waals surface area (Å²) in [6.07, 6.45) is 2.03. The molecular weight excluding hydrogens is 226 g/mol. The molecule has 0 radical (unpaired) electrons. The number of rotatable bonds is 4. The summed E-state index contributed by atoms with van der Waals surface area (Å²) in [6, 6.07) is 7.48. The Morgan fingerprint density at radius 2 is 2.11 bits per heavy atom. The van der Waals surface area contributed by atoms with E-state index in [4.69, 9.17) is 4.74 Å². The van der Waals surface area contributed by atoms with Crippen molar-refractivity contribution in [2.24, 2.45) is 5.41 Å². The molecule has 1 aromatic rings. The lowest BCUT2D eigenvalue weighted by atomic mass is 9.76. The highest BCUT2D eigenvalue weighted by Gasteiger charge is 2.34. The summed E-state index contributed by atoms with van der Waals surface area (Å²) in [5, 5.41) is 3.31. The maximum Gasteiger partial charge on any atom is 0.169 e. The van der Waals surface area contributed by atoms with Crippen LogP contribution in [0.15, 0.2) is 24.3 Å². The highest BCUT2D eigenvalue weighted by Crippen LogP contribution is 2.30. The molecule has 1 saturated heterocycles. The van der Waals surface area contributed by atoms with E-state index in [9.17, 15) is 4.79 Å². The molecule has 18 heavy (non-hydrogen) atoms. The molecule has 1 aliphatic rings. The monoisotopic (exact) mass is 247 g/mol. The van der Waals surface area contributed by atoms with Crippen LogP contribution in [0.1, 0.15) is 37.0 Å². The normalized spacial score (nSPS) is 23.7. The second-order valence-corrected chi connectivity index (χ2v) is 5.13. The van der Waals surface area contributed by atoms with Crippen molar-refractivity contribution in [1.29, 1.82) is 0 Å². The standard InChI is InChI=1S/C15H21NO2/c1-3-18-13-7-5-12(6-8-13)14(17)15(2)9-4-10-16-11-15/h5-8,16H,3-4,9-11H2,1-2H3. The molecule has 0 saturated carbocycles. The van der Waals surface area contributed by atoms with Crippen molar-refractivity contribution < 1.29 is 9.53 Å². The van der Waals surface area contributed by atoms with Crippen molar-refractivity contribution in [1.82, 2.24) is 5.32 Å². The summed E-state index contributed by atoms with van der Waals surface area (Å²) < 4.78 is 5.39. The van der Waals surface area contributed by atoms with Gasteiger partial charge >= 0.3 is 0 Å². The van der Waals surface area contributed by atoms with Crippen LogP contribution in [0.3, 0.4) is 0 Å². The molecule has 2 rings (SSSR count). The molecule has 0 bridgehead atoms. The minimum absolute atomic E-state index is 0.234.